The molecule has 1 aliphatic rings. The number of hydrogen-bond acceptors (Lipinski definition) is 11. The lowest BCUT2D eigenvalue weighted by atomic mass is 10.1. The highest BCUT2D eigenvalue weighted by molar-refractivity contribution is 7.80. The summed E-state index contributed by atoms with van der Waals surface area (Å²) >= 11 is 4.05. The van der Waals surface area contributed by atoms with Crippen LogP contribution in [0.4, 0.5) is 5.82 Å². The number of ether oxygens (including phenoxy) is 1. The largest absolute Gasteiger partial charge is 0.480 e. The number of aliphatic hydroxyl groups excluding tert-OH is 3. The van der Waals surface area contributed by atoms with Crippen LogP contribution in [0.3, 0.4) is 0 Å². The van der Waals surface area contributed by atoms with Gasteiger partial charge >= 0.3 is 5.97 Å². The van der Waals surface area contributed by atoms with Crippen molar-refractivity contribution in [3.05, 3.63) is 12.7 Å². The summed E-state index contributed by atoms with van der Waals surface area (Å²) in [6.45, 7) is -0.601. The van der Waals surface area contributed by atoms with Crippen molar-refractivity contribution in [3.63, 3.8) is 0 Å². The molecule has 7 N–H and O–H groups in total. The molecule has 148 valence electrons. The second-order valence-electron chi connectivity index (χ2n) is 6.06. The van der Waals surface area contributed by atoms with Gasteiger partial charge in [0.2, 0.25) is 5.85 Å². The van der Waals surface area contributed by atoms with Crippen molar-refractivity contribution >= 4 is 35.6 Å². The first kappa shape index (κ1) is 19.7. The van der Waals surface area contributed by atoms with Crippen LogP contribution in [0.15, 0.2) is 12.7 Å². The number of rotatable bonds is 7. The molecule has 0 saturated carbocycles. The molecule has 3 heterocycles. The summed E-state index contributed by atoms with van der Waals surface area (Å²) < 4.78 is 6.95. The number of fused-ring (bicyclic) bond motifs is 1. The highest BCUT2D eigenvalue weighted by Crippen LogP contribution is 2.36. The predicted molar refractivity (Wildman–Crippen MR) is 94.7 cm³/mol. The Kier molecular flexibility index (Phi) is 5.50. The number of nitrogens with one attached hydrogen (secondary N) is 1. The van der Waals surface area contributed by atoms with E-state index in [9.17, 15) is 25.2 Å². The Morgan fingerprint density at radius 1 is 1.44 bits per heavy atom. The summed E-state index contributed by atoms with van der Waals surface area (Å²) in [6, 6.07) is -1.18. The third-order valence-corrected chi connectivity index (χ3v) is 4.69. The van der Waals surface area contributed by atoms with Crippen LogP contribution in [0.1, 0.15) is 6.42 Å². The van der Waals surface area contributed by atoms with Gasteiger partial charge in [-0.15, -0.1) is 0 Å². The van der Waals surface area contributed by atoms with Crippen molar-refractivity contribution in [1.29, 1.82) is 0 Å². The molecule has 3 rings (SSSR count). The molecule has 13 heteroatoms. The zero-order valence-electron chi connectivity index (χ0n) is 14.0. The van der Waals surface area contributed by atoms with E-state index in [4.69, 9.17) is 10.5 Å². The topological polar surface area (TPSA) is 189 Å². The Bertz CT molecular complexity index is 836. The summed E-state index contributed by atoms with van der Waals surface area (Å²) in [6.07, 6.45) is -1.81. The second-order valence-corrected chi connectivity index (χ2v) is 6.51. The zero-order valence-corrected chi connectivity index (χ0v) is 14.9. The van der Waals surface area contributed by atoms with E-state index >= 15 is 0 Å². The van der Waals surface area contributed by atoms with Crippen molar-refractivity contribution in [2.45, 2.75) is 36.6 Å². The van der Waals surface area contributed by atoms with E-state index in [0.29, 0.717) is 0 Å². The van der Waals surface area contributed by atoms with Crippen LogP contribution in [0.25, 0.3) is 11.2 Å². The summed E-state index contributed by atoms with van der Waals surface area (Å²) in [5, 5.41) is 42.7. The number of aromatic nitrogens is 4. The second kappa shape index (κ2) is 7.53. The number of carboxylic acid groups (broad SMARTS) is 1. The Hall–Kier alpha value is -2.03. The molecule has 0 unspecified atom stereocenters. The molecule has 2 aromatic heterocycles. The molecule has 0 amide bonds. The van der Waals surface area contributed by atoms with Crippen molar-refractivity contribution in [2.24, 2.45) is 0 Å². The van der Waals surface area contributed by atoms with Gasteiger partial charge in [0.25, 0.3) is 0 Å². The van der Waals surface area contributed by atoms with Crippen molar-refractivity contribution in [1.82, 2.24) is 24.8 Å². The minimum atomic E-state index is -1.96. The first-order valence-electron chi connectivity index (χ1n) is 8.06. The number of nitrogens with zero attached hydrogens (tertiary/aromatic N) is 4. The molecular formula is C14H20N6O6S. The highest BCUT2D eigenvalue weighted by Gasteiger charge is 2.57. The number of aliphatic carboxylic acids is 1. The average Bonchev–Trinajstić information content (AvgIpc) is 3.18. The molecule has 0 aromatic carbocycles. The van der Waals surface area contributed by atoms with Crippen LogP contribution in [0.5, 0.6) is 0 Å². The van der Waals surface area contributed by atoms with E-state index in [1.54, 1.807) is 0 Å². The van der Waals surface area contributed by atoms with E-state index in [1.165, 1.54) is 17.2 Å². The third-order valence-electron chi connectivity index (χ3n) is 4.43. The number of nitrogens with two attached hydrogens (primary N) is 1. The summed E-state index contributed by atoms with van der Waals surface area (Å²) in [5.74, 6) is -2.86. The quantitative estimate of drug-likeness (QED) is 0.243. The first-order valence-corrected chi connectivity index (χ1v) is 8.69. The maximum atomic E-state index is 11.6. The van der Waals surface area contributed by atoms with Gasteiger partial charge in [-0.25, -0.2) is 15.0 Å². The Labute approximate surface area is 158 Å². The molecule has 27 heavy (non-hydrogen) atoms. The smallest absolute Gasteiger partial charge is 0.320 e. The van der Waals surface area contributed by atoms with Crippen LogP contribution in [-0.4, -0.2) is 82.6 Å². The molecule has 0 radical (unpaired) electrons. The maximum Gasteiger partial charge on any atom is 0.320 e. The van der Waals surface area contributed by atoms with Crippen molar-refractivity contribution in [2.75, 3.05) is 18.1 Å². The third kappa shape index (κ3) is 3.22. The van der Waals surface area contributed by atoms with Gasteiger partial charge in [0.1, 0.15) is 42.5 Å². The predicted octanol–water partition coefficient (Wildman–Crippen LogP) is -2.51. The van der Waals surface area contributed by atoms with E-state index in [0.717, 1.165) is 0 Å². The molecule has 2 aromatic rings. The van der Waals surface area contributed by atoms with Crippen molar-refractivity contribution in [3.8, 4) is 0 Å². The number of carboxylic acids is 1. The lowest BCUT2D eigenvalue weighted by molar-refractivity contribution is -0.180. The monoisotopic (exact) mass is 400 g/mol. The Balaban J connectivity index is 2.15. The molecule has 1 saturated heterocycles. The van der Waals surface area contributed by atoms with Gasteiger partial charge in [0, 0.05) is 0 Å². The standard InChI is InChI=1S/C14H20N6O6S/c15-11-8-12(17-4-16-11)20(5-18-8)14(19-6(1-2-27)13(24)25)10(23)9(22)7(3-21)26-14/h4-7,9-10,19,21-23,27H,1-3H2,(H,24,25)(H2,15,16,17)/t6-,7+,9+,10+,14-/m0/s1. The maximum absolute atomic E-state index is 11.6. The molecule has 1 aliphatic heterocycles. The van der Waals surface area contributed by atoms with Gasteiger partial charge in [0.15, 0.2) is 11.5 Å². The Morgan fingerprint density at radius 3 is 2.78 bits per heavy atom. The minimum Gasteiger partial charge on any atom is -0.480 e. The Morgan fingerprint density at radius 2 is 2.19 bits per heavy atom. The van der Waals surface area contributed by atoms with Crippen LogP contribution >= 0.6 is 12.6 Å². The summed E-state index contributed by atoms with van der Waals surface area (Å²) in [4.78, 5) is 23.6. The van der Waals surface area contributed by atoms with Gasteiger partial charge in [-0.2, -0.15) is 12.6 Å². The molecule has 12 nitrogen and oxygen atoms in total. The summed E-state index contributed by atoms with van der Waals surface area (Å²) in [5.41, 5.74) is 6.13. The fraction of sp³-hybridized carbons (Fsp3) is 0.571. The SMILES string of the molecule is Nc1ncnc2c1ncn2[C@]1(N[C@@H](CCS)C(=O)O)O[C@H](CO)[C@@H](O)[C@H]1O. The normalized spacial score (nSPS) is 29.3. The van der Waals surface area contributed by atoms with Gasteiger partial charge in [-0.1, -0.05) is 0 Å². The van der Waals surface area contributed by atoms with Gasteiger partial charge in [0.05, 0.1) is 6.61 Å². The fourth-order valence-corrected chi connectivity index (χ4v) is 3.33. The number of hydrogen-bond donors (Lipinski definition) is 7. The fourth-order valence-electron chi connectivity index (χ4n) is 3.07. The average molecular weight is 400 g/mol. The van der Waals surface area contributed by atoms with Gasteiger partial charge < -0.3 is 30.9 Å². The summed E-state index contributed by atoms with van der Waals surface area (Å²) in [7, 11) is 0. The van der Waals surface area contributed by atoms with E-state index in [-0.39, 0.29) is 29.2 Å². The lowest BCUT2D eigenvalue weighted by Gasteiger charge is -2.36. The number of anilines is 1. The van der Waals surface area contributed by atoms with Crippen LogP contribution in [-0.2, 0) is 15.4 Å². The van der Waals surface area contributed by atoms with Crippen LogP contribution in [0, 0.1) is 0 Å². The lowest BCUT2D eigenvalue weighted by Crippen LogP contribution is -2.61. The van der Waals surface area contributed by atoms with Crippen molar-refractivity contribution < 1.29 is 30.0 Å². The number of nitrogen functional groups attached to an aromatic ring is 1. The molecule has 0 bridgehead atoms. The van der Waals surface area contributed by atoms with E-state index in [1.807, 2.05) is 0 Å². The molecule has 0 spiro atoms. The van der Waals surface area contributed by atoms with Gasteiger partial charge in [-0.3, -0.25) is 14.7 Å². The minimum absolute atomic E-state index is 0.0748. The number of aliphatic hydroxyl groups is 3. The molecule has 1 fully saturated rings. The van der Waals surface area contributed by atoms with E-state index in [2.05, 4.69) is 32.9 Å². The first-order chi connectivity index (χ1) is 12.9. The number of thiol groups is 1. The number of imidazole rings is 1. The highest BCUT2D eigenvalue weighted by atomic mass is 32.1. The van der Waals surface area contributed by atoms with Crippen LogP contribution < -0.4 is 11.1 Å². The molecule has 0 aliphatic carbocycles. The molecular weight excluding hydrogens is 380 g/mol. The molecule has 5 atom stereocenters. The van der Waals surface area contributed by atoms with Crippen LogP contribution in [0.2, 0.25) is 0 Å². The number of carbonyl (C=O) groups is 1. The van der Waals surface area contributed by atoms with Gasteiger partial charge in [-0.05, 0) is 12.2 Å². The van der Waals surface area contributed by atoms with E-state index < -0.39 is 42.8 Å². The zero-order chi connectivity index (χ0) is 19.8.